The zero-order chi connectivity index (χ0) is 45.0. The number of amides is 4. The number of anilines is 3. The van der Waals surface area contributed by atoms with Crippen molar-refractivity contribution in [3.05, 3.63) is 83.6 Å². The van der Waals surface area contributed by atoms with Crippen molar-refractivity contribution in [3.63, 3.8) is 0 Å². The molecule has 0 spiro atoms. The molecule has 1 aliphatic rings. The van der Waals surface area contributed by atoms with Crippen LogP contribution in [0, 0.1) is 0 Å². The number of benzene rings is 3. The summed E-state index contributed by atoms with van der Waals surface area (Å²) in [6, 6.07) is 14.8. The third-order valence-electron chi connectivity index (χ3n) is 9.63. The molecule has 4 aromatic rings. The van der Waals surface area contributed by atoms with E-state index in [1.165, 1.54) is 18.2 Å². The summed E-state index contributed by atoms with van der Waals surface area (Å²) in [5.74, 6) is -1.00. The number of urea groups is 1. The molecule has 4 N–H and O–H groups in total. The molecular weight excluding hydrogens is 805 g/mol. The number of methoxy groups -OCH3 is 1. The number of sulfone groups is 1. The number of fused-ring (bicyclic) bond motifs is 1. The molecule has 0 saturated heterocycles. The van der Waals surface area contributed by atoms with Gasteiger partial charge in [-0.25, -0.2) is 32.6 Å². The molecule has 328 valence electrons. The number of pyridine rings is 1. The van der Waals surface area contributed by atoms with Crippen LogP contribution >= 0.6 is 0 Å². The van der Waals surface area contributed by atoms with Crippen LogP contribution in [0.2, 0.25) is 0 Å². The summed E-state index contributed by atoms with van der Waals surface area (Å²) in [5.41, 5.74) is 0.668. The number of ether oxygens (including phenoxy) is 3. The fraction of sp³-hybridized carbons (Fsp3) is 0.432. The van der Waals surface area contributed by atoms with E-state index >= 15 is 0 Å². The summed E-state index contributed by atoms with van der Waals surface area (Å²) in [5, 5.41) is 20.0. The monoisotopic (exact) mass is 860 g/mol. The maximum absolute atomic E-state index is 13.4. The highest BCUT2D eigenvalue weighted by atomic mass is 32.2. The summed E-state index contributed by atoms with van der Waals surface area (Å²) >= 11 is 0. The van der Waals surface area contributed by atoms with Crippen LogP contribution in [0.25, 0.3) is 10.8 Å². The number of likely N-dealkylation sites (N-methyl/N-ethyl adjacent to an activating group) is 1. The van der Waals surface area contributed by atoms with Crippen molar-refractivity contribution in [1.29, 1.82) is 0 Å². The Kier molecular flexibility index (Phi) is 13.9. The highest BCUT2D eigenvalue weighted by Gasteiger charge is 2.38. The lowest BCUT2D eigenvalue weighted by molar-refractivity contribution is -0.138. The minimum absolute atomic E-state index is 0.0226. The zero-order valence-electron chi connectivity index (χ0n) is 36.3. The van der Waals surface area contributed by atoms with Crippen LogP contribution in [0.4, 0.5) is 31.6 Å². The van der Waals surface area contributed by atoms with Gasteiger partial charge in [0.05, 0.1) is 17.3 Å². The van der Waals surface area contributed by atoms with Gasteiger partial charge in [0.2, 0.25) is 0 Å². The van der Waals surface area contributed by atoms with Gasteiger partial charge in [0.1, 0.15) is 17.0 Å². The molecule has 0 bridgehead atoms. The van der Waals surface area contributed by atoms with Crippen molar-refractivity contribution in [3.8, 4) is 5.75 Å². The molecule has 1 saturated carbocycles. The number of hydrogen-bond acceptors (Lipinski definition) is 12. The van der Waals surface area contributed by atoms with Crippen LogP contribution in [0.15, 0.2) is 71.8 Å². The standard InChI is InChI=1S/C44H56N6O10S/c1-26(25-49(9)40(53)48-31-13-18-36(29(22-31)24-45-8)61(56,57)32-14-15-32)34-23-28(11-17-35(34)58-10)37(39(51)52)47-30-12-16-33-27(21-30)19-20-46-38(33)50(41(54)59-43(2,3)4)42(55)60-44(5,6)7/h11-13,16-23,26,32,37,45,47H,14-15,24-25H2,1-10H3,(H,48,53)(H,51,52)/t26-,37?/m1/s1. The molecule has 5 rings (SSSR count). The van der Waals surface area contributed by atoms with Gasteiger partial charge in [0.25, 0.3) is 0 Å². The van der Waals surface area contributed by atoms with Crippen LogP contribution in [0.3, 0.4) is 0 Å². The molecule has 2 atom stereocenters. The van der Waals surface area contributed by atoms with Gasteiger partial charge in [-0.05, 0) is 138 Å². The molecule has 3 aromatic carbocycles. The first-order chi connectivity index (χ1) is 28.5. The van der Waals surface area contributed by atoms with Crippen LogP contribution in [-0.2, 0) is 30.7 Å². The molecule has 1 unspecified atom stereocenters. The topological polar surface area (TPSA) is 206 Å². The Morgan fingerprint density at radius 3 is 2.11 bits per heavy atom. The Balaban J connectivity index is 1.36. The molecular formula is C44H56N6O10S. The maximum Gasteiger partial charge on any atom is 0.425 e. The number of aliphatic carboxylic acids is 1. The molecule has 61 heavy (non-hydrogen) atoms. The average molecular weight is 861 g/mol. The summed E-state index contributed by atoms with van der Waals surface area (Å²) in [6.45, 7) is 12.5. The van der Waals surface area contributed by atoms with Crippen LogP contribution in [-0.4, -0.2) is 91.8 Å². The minimum Gasteiger partial charge on any atom is -0.496 e. The van der Waals surface area contributed by atoms with Gasteiger partial charge in [-0.1, -0.05) is 13.0 Å². The number of nitrogens with one attached hydrogen (secondary N) is 3. The predicted octanol–water partition coefficient (Wildman–Crippen LogP) is 8.08. The molecule has 4 amide bonds. The number of aromatic nitrogens is 1. The maximum atomic E-state index is 13.4. The molecule has 17 heteroatoms. The summed E-state index contributed by atoms with van der Waals surface area (Å²) < 4.78 is 42.8. The van der Waals surface area contributed by atoms with Gasteiger partial charge in [0.15, 0.2) is 21.7 Å². The lowest BCUT2D eigenvalue weighted by atomic mass is 9.94. The number of carboxylic acid groups (broad SMARTS) is 1. The predicted molar refractivity (Wildman–Crippen MR) is 233 cm³/mol. The van der Waals surface area contributed by atoms with Crippen molar-refractivity contribution in [2.24, 2.45) is 0 Å². The summed E-state index contributed by atoms with van der Waals surface area (Å²) in [7, 11) is 1.42. The number of nitrogens with zero attached hydrogens (tertiary/aromatic N) is 3. The number of imide groups is 1. The number of carbonyl (C=O) groups is 4. The van der Waals surface area contributed by atoms with E-state index in [1.54, 1.807) is 116 Å². The van der Waals surface area contributed by atoms with Crippen LogP contribution in [0.1, 0.15) is 90.0 Å². The van der Waals surface area contributed by atoms with E-state index in [0.29, 0.717) is 64.0 Å². The van der Waals surface area contributed by atoms with Gasteiger partial charge in [-0.3, -0.25) is 0 Å². The van der Waals surface area contributed by atoms with Crippen molar-refractivity contribution in [2.75, 3.05) is 43.3 Å². The van der Waals surface area contributed by atoms with Gasteiger partial charge < -0.3 is 40.2 Å². The zero-order valence-corrected chi connectivity index (χ0v) is 37.1. The first-order valence-corrected chi connectivity index (χ1v) is 21.4. The number of hydrogen-bond donors (Lipinski definition) is 4. The quantitative estimate of drug-likeness (QED) is 0.0948. The second-order valence-electron chi connectivity index (χ2n) is 17.1. The fourth-order valence-corrected chi connectivity index (χ4v) is 8.57. The van der Waals surface area contributed by atoms with Crippen LogP contribution in [0.5, 0.6) is 5.75 Å². The smallest absolute Gasteiger partial charge is 0.425 e. The van der Waals surface area contributed by atoms with E-state index in [4.69, 9.17) is 14.2 Å². The minimum atomic E-state index is -3.44. The SMILES string of the molecule is CNCc1cc(NC(=O)N(C)C[C@@H](C)c2cc(C(Nc3ccc4c(N(C(=O)OC(C)(C)C)C(=O)OC(C)(C)C)nccc4c3)C(=O)O)ccc2OC)ccc1S(=O)(=O)C1CC1. The van der Waals surface area contributed by atoms with Crippen molar-refractivity contribution in [2.45, 2.75) is 101 Å². The molecule has 1 aromatic heterocycles. The Bertz CT molecular complexity index is 2380. The first-order valence-electron chi connectivity index (χ1n) is 19.9. The third-order valence-corrected chi connectivity index (χ3v) is 12.0. The lowest BCUT2D eigenvalue weighted by Gasteiger charge is -2.28. The summed E-state index contributed by atoms with van der Waals surface area (Å²) in [4.78, 5) is 59.9. The van der Waals surface area contributed by atoms with Crippen LogP contribution < -0.4 is 25.6 Å². The largest absolute Gasteiger partial charge is 0.496 e. The molecule has 0 radical (unpaired) electrons. The molecule has 1 heterocycles. The highest BCUT2D eigenvalue weighted by molar-refractivity contribution is 7.92. The number of carboxylic acids is 1. The Labute approximate surface area is 356 Å². The van der Waals surface area contributed by atoms with Gasteiger partial charge in [-0.15, -0.1) is 0 Å². The summed E-state index contributed by atoms with van der Waals surface area (Å²) in [6.07, 6.45) is 0.764. The van der Waals surface area contributed by atoms with E-state index in [-0.39, 0.29) is 28.4 Å². The van der Waals surface area contributed by atoms with Crippen molar-refractivity contribution >= 4 is 62.0 Å². The van der Waals surface area contributed by atoms with E-state index in [9.17, 15) is 32.7 Å². The molecule has 1 aliphatic carbocycles. The average Bonchev–Trinajstić information content (AvgIpc) is 4.02. The second kappa shape index (κ2) is 18.4. The first kappa shape index (κ1) is 46.1. The van der Waals surface area contributed by atoms with Crippen molar-refractivity contribution in [1.82, 2.24) is 15.2 Å². The van der Waals surface area contributed by atoms with E-state index in [0.717, 1.165) is 4.90 Å². The number of rotatable bonds is 14. The molecule has 16 nitrogen and oxygen atoms in total. The van der Waals surface area contributed by atoms with Crippen molar-refractivity contribution < 1.29 is 46.9 Å². The van der Waals surface area contributed by atoms with E-state index in [2.05, 4.69) is 20.9 Å². The molecule has 0 aliphatic heterocycles. The van der Waals surface area contributed by atoms with Gasteiger partial charge in [0, 0.05) is 49.0 Å². The highest BCUT2D eigenvalue weighted by Crippen LogP contribution is 2.37. The Hall–Kier alpha value is -5.94. The number of carbonyl (C=O) groups excluding carboxylic acids is 3. The van der Waals surface area contributed by atoms with Gasteiger partial charge >= 0.3 is 24.2 Å². The fourth-order valence-electron chi connectivity index (χ4n) is 6.70. The Morgan fingerprint density at radius 2 is 1.54 bits per heavy atom. The van der Waals surface area contributed by atoms with Gasteiger partial charge in [-0.2, -0.15) is 4.90 Å². The second-order valence-corrected chi connectivity index (χ2v) is 19.3. The third kappa shape index (κ3) is 11.5. The van der Waals surface area contributed by atoms with E-state index in [1.807, 2.05) is 6.92 Å². The van der Waals surface area contributed by atoms with E-state index < -0.39 is 51.3 Å². The molecule has 1 fully saturated rings. The normalized spacial score (nSPS) is 14.1. The Morgan fingerprint density at radius 1 is 0.902 bits per heavy atom. The lowest BCUT2D eigenvalue weighted by Crippen LogP contribution is -2.44.